The Morgan fingerprint density at radius 1 is 1.14 bits per heavy atom. The number of amidine groups is 1. The van der Waals surface area contributed by atoms with E-state index >= 15 is 0 Å². The van der Waals surface area contributed by atoms with Gasteiger partial charge in [-0.2, -0.15) is 13.2 Å². The molecule has 0 atom stereocenters. The molecular weight excluding hydrogens is 505 g/mol. The average molecular weight is 531 g/mol. The van der Waals surface area contributed by atoms with Crippen LogP contribution in [0.4, 0.5) is 24.5 Å². The number of aliphatic imine (C=N–C) groups is 1. The van der Waals surface area contributed by atoms with Crippen LogP contribution in [-0.2, 0) is 6.18 Å². The molecule has 2 aromatic carbocycles. The first-order valence-electron chi connectivity index (χ1n) is 11.4. The number of halogens is 4. The Hall–Kier alpha value is -3.85. The van der Waals surface area contributed by atoms with Crippen molar-refractivity contribution in [2.45, 2.75) is 33.4 Å². The van der Waals surface area contributed by atoms with E-state index in [1.807, 2.05) is 13.8 Å². The lowest BCUT2D eigenvalue weighted by atomic mass is 10.1. The molecule has 3 rings (SSSR count). The summed E-state index contributed by atoms with van der Waals surface area (Å²) in [4.78, 5) is 20.9. The number of amides is 1. The lowest BCUT2D eigenvalue weighted by Crippen LogP contribution is -2.24. The van der Waals surface area contributed by atoms with Crippen molar-refractivity contribution in [2.75, 3.05) is 11.9 Å². The Bertz CT molecular complexity index is 1340. The molecule has 2 N–H and O–H groups in total. The molecule has 0 saturated carbocycles. The van der Waals surface area contributed by atoms with Crippen LogP contribution in [0, 0.1) is 6.92 Å². The first-order valence-corrected chi connectivity index (χ1v) is 11.8. The van der Waals surface area contributed by atoms with Gasteiger partial charge in [0.1, 0.15) is 23.0 Å². The molecule has 0 radical (unpaired) electrons. The third kappa shape index (κ3) is 7.57. The monoisotopic (exact) mass is 530 g/mol. The predicted octanol–water partition coefficient (Wildman–Crippen LogP) is 7.71. The van der Waals surface area contributed by atoms with Gasteiger partial charge in [-0.1, -0.05) is 31.2 Å². The van der Waals surface area contributed by atoms with Crippen LogP contribution >= 0.6 is 11.6 Å². The van der Waals surface area contributed by atoms with E-state index in [2.05, 4.69) is 27.2 Å². The van der Waals surface area contributed by atoms with Gasteiger partial charge in [-0.25, -0.2) is 4.99 Å². The highest BCUT2D eigenvalue weighted by atomic mass is 35.5. The number of pyridine rings is 1. The van der Waals surface area contributed by atoms with E-state index in [0.717, 1.165) is 18.1 Å². The van der Waals surface area contributed by atoms with Crippen LogP contribution in [0.15, 0.2) is 71.9 Å². The Balaban J connectivity index is 1.87. The number of nitrogens with zero attached hydrogens (tertiary/aromatic N) is 2. The van der Waals surface area contributed by atoms with Gasteiger partial charge in [0.2, 0.25) is 0 Å². The maximum Gasteiger partial charge on any atom is 0.417 e. The van der Waals surface area contributed by atoms with Crippen molar-refractivity contribution in [2.24, 2.45) is 4.99 Å². The summed E-state index contributed by atoms with van der Waals surface area (Å²) < 4.78 is 45.7. The highest BCUT2D eigenvalue weighted by molar-refractivity contribution is 6.31. The van der Waals surface area contributed by atoms with Crippen LogP contribution < -0.4 is 15.4 Å². The summed E-state index contributed by atoms with van der Waals surface area (Å²) in [5.41, 5.74) is 1.26. The second-order valence-electron chi connectivity index (χ2n) is 8.24. The maximum absolute atomic E-state index is 13.3. The molecule has 0 aliphatic rings. The van der Waals surface area contributed by atoms with Gasteiger partial charge in [0, 0.05) is 30.6 Å². The molecule has 0 saturated heterocycles. The first-order chi connectivity index (χ1) is 17.5. The van der Waals surface area contributed by atoms with Gasteiger partial charge in [0.25, 0.3) is 5.91 Å². The molecule has 1 amide bonds. The first kappa shape index (κ1) is 27.7. The van der Waals surface area contributed by atoms with Crippen LogP contribution in [0.25, 0.3) is 0 Å². The van der Waals surface area contributed by atoms with Crippen LogP contribution in [0.5, 0.6) is 11.5 Å². The molecule has 1 aromatic heterocycles. The van der Waals surface area contributed by atoms with Crippen molar-refractivity contribution in [3.8, 4) is 11.5 Å². The predicted molar refractivity (Wildman–Crippen MR) is 140 cm³/mol. The standard InChI is InChI=1S/C27H26ClF3N4O2/c1-5-11-33-26(36)24-15-20(10-12-32-24)37-19-8-6-17(4)23(14-19)35-25(16(2)3)34-18-7-9-22(28)21(13-18)27(29,30)31/h6-10,12-15H,2,5,11H2,1,3-4H3,(H,33,36)(H,34,35). The Morgan fingerprint density at radius 2 is 1.86 bits per heavy atom. The fourth-order valence-corrected chi connectivity index (χ4v) is 3.37. The smallest absolute Gasteiger partial charge is 0.417 e. The number of carbonyl (C=O) groups is 1. The van der Waals surface area contributed by atoms with Crippen molar-refractivity contribution in [3.63, 3.8) is 0 Å². The summed E-state index contributed by atoms with van der Waals surface area (Å²) in [6.07, 6.45) is -2.31. The number of benzene rings is 2. The van der Waals surface area contributed by atoms with Gasteiger partial charge >= 0.3 is 6.18 Å². The highest BCUT2D eigenvalue weighted by Crippen LogP contribution is 2.36. The van der Waals surface area contributed by atoms with E-state index in [1.54, 1.807) is 31.2 Å². The number of ether oxygens (including phenoxy) is 1. The maximum atomic E-state index is 13.3. The summed E-state index contributed by atoms with van der Waals surface area (Å²) in [7, 11) is 0. The fraction of sp³-hybridized carbons (Fsp3) is 0.222. The van der Waals surface area contributed by atoms with Gasteiger partial charge in [-0.05, 0) is 61.7 Å². The Kier molecular flexibility index (Phi) is 8.94. The minimum absolute atomic E-state index is 0.161. The zero-order valence-corrected chi connectivity index (χ0v) is 21.3. The number of hydrogen-bond donors (Lipinski definition) is 2. The van der Waals surface area contributed by atoms with Crippen LogP contribution in [0.3, 0.4) is 0 Å². The highest BCUT2D eigenvalue weighted by Gasteiger charge is 2.33. The van der Waals surface area contributed by atoms with Gasteiger partial charge in [-0.15, -0.1) is 0 Å². The minimum atomic E-state index is -4.60. The van der Waals surface area contributed by atoms with Gasteiger partial charge < -0.3 is 15.4 Å². The summed E-state index contributed by atoms with van der Waals surface area (Å²) in [6.45, 7) is 9.90. The zero-order chi connectivity index (χ0) is 27.2. The van der Waals surface area contributed by atoms with Crippen molar-refractivity contribution in [1.29, 1.82) is 0 Å². The minimum Gasteiger partial charge on any atom is -0.457 e. The van der Waals surface area contributed by atoms with Crippen LogP contribution in [0.1, 0.15) is 41.9 Å². The number of alkyl halides is 3. The van der Waals surface area contributed by atoms with E-state index in [9.17, 15) is 18.0 Å². The van der Waals surface area contributed by atoms with Crippen molar-refractivity contribution in [3.05, 3.63) is 88.7 Å². The van der Waals surface area contributed by atoms with Gasteiger partial charge in [0.05, 0.1) is 16.3 Å². The largest absolute Gasteiger partial charge is 0.457 e. The molecule has 0 unspecified atom stereocenters. The lowest BCUT2D eigenvalue weighted by Gasteiger charge is -2.15. The molecule has 0 spiro atoms. The fourth-order valence-electron chi connectivity index (χ4n) is 3.14. The molecule has 1 heterocycles. The van der Waals surface area contributed by atoms with E-state index in [4.69, 9.17) is 16.3 Å². The normalized spacial score (nSPS) is 11.7. The second kappa shape index (κ2) is 11.9. The molecule has 6 nitrogen and oxygen atoms in total. The van der Waals surface area contributed by atoms with Gasteiger partial charge in [-0.3, -0.25) is 9.78 Å². The van der Waals surface area contributed by atoms with Gasteiger partial charge in [0.15, 0.2) is 0 Å². The molecule has 10 heteroatoms. The van der Waals surface area contributed by atoms with E-state index in [1.165, 1.54) is 24.4 Å². The Morgan fingerprint density at radius 3 is 2.54 bits per heavy atom. The van der Waals surface area contributed by atoms with Crippen molar-refractivity contribution in [1.82, 2.24) is 10.3 Å². The average Bonchev–Trinajstić information content (AvgIpc) is 2.84. The zero-order valence-electron chi connectivity index (χ0n) is 20.5. The Labute approximate surface area is 218 Å². The molecule has 37 heavy (non-hydrogen) atoms. The van der Waals surface area contributed by atoms with E-state index in [-0.39, 0.29) is 23.1 Å². The molecular formula is C27H26ClF3N4O2. The second-order valence-corrected chi connectivity index (χ2v) is 8.65. The summed E-state index contributed by atoms with van der Waals surface area (Å²) in [6, 6.07) is 11.9. The molecule has 0 aliphatic carbocycles. The van der Waals surface area contributed by atoms with Crippen LogP contribution in [-0.4, -0.2) is 23.3 Å². The van der Waals surface area contributed by atoms with Crippen molar-refractivity contribution < 1.29 is 22.7 Å². The van der Waals surface area contributed by atoms with Crippen molar-refractivity contribution >= 4 is 34.7 Å². The summed E-state index contributed by atoms with van der Waals surface area (Å²) in [5, 5.41) is 5.27. The number of anilines is 1. The number of carbonyl (C=O) groups excluding carboxylic acids is 1. The number of aryl methyl sites for hydroxylation is 1. The number of rotatable bonds is 8. The molecule has 0 bridgehead atoms. The lowest BCUT2D eigenvalue weighted by molar-refractivity contribution is -0.137. The SMILES string of the molecule is C=C(C)C(=Nc1cc(Oc2ccnc(C(=O)NCCC)c2)ccc1C)Nc1ccc(Cl)c(C(F)(F)F)c1. The molecule has 194 valence electrons. The van der Waals surface area contributed by atoms with E-state index < -0.39 is 16.8 Å². The number of nitrogens with one attached hydrogen (secondary N) is 2. The third-order valence-corrected chi connectivity index (χ3v) is 5.42. The summed E-state index contributed by atoms with van der Waals surface area (Å²) in [5.74, 6) is 0.834. The quantitative estimate of drug-likeness (QED) is 0.231. The van der Waals surface area contributed by atoms with E-state index in [0.29, 0.717) is 29.3 Å². The van der Waals surface area contributed by atoms with Crippen LogP contribution in [0.2, 0.25) is 5.02 Å². The topological polar surface area (TPSA) is 75.6 Å². The molecule has 3 aromatic rings. The molecule has 0 fully saturated rings. The third-order valence-electron chi connectivity index (χ3n) is 5.09. The number of aromatic nitrogens is 1. The molecule has 0 aliphatic heterocycles. The summed E-state index contributed by atoms with van der Waals surface area (Å²) >= 11 is 5.73. The number of hydrogen-bond acceptors (Lipinski definition) is 4.